The van der Waals surface area contributed by atoms with Crippen LogP contribution in [0.2, 0.25) is 0 Å². The minimum atomic E-state index is -0.592. The number of fused-ring (bicyclic) bond motifs is 1. The van der Waals surface area contributed by atoms with Crippen LogP contribution in [0.25, 0.3) is 16.7 Å². The molecule has 0 aliphatic carbocycles. The molecule has 0 aliphatic heterocycles. The number of aryl methyl sites for hydroxylation is 1. The molecule has 0 unspecified atom stereocenters. The van der Waals surface area contributed by atoms with E-state index in [1.807, 2.05) is 29.8 Å². The van der Waals surface area contributed by atoms with Crippen LogP contribution in [0.3, 0.4) is 0 Å². The SMILES string of the molecule is CCCCn1c(=O)c(=O)[nH]c2cc(Br)c(-n3ccnc3)cc21. The normalized spacial score (nSPS) is 11.2. The van der Waals surface area contributed by atoms with E-state index in [2.05, 4.69) is 25.9 Å². The largest absolute Gasteiger partial charge is 0.316 e. The Hall–Kier alpha value is -2.15. The molecule has 0 saturated heterocycles. The van der Waals surface area contributed by atoms with Crippen LogP contribution in [0.1, 0.15) is 19.8 Å². The number of aromatic amines is 1. The Balaban J connectivity index is 2.31. The number of nitrogens with one attached hydrogen (secondary N) is 1. The molecule has 0 saturated carbocycles. The van der Waals surface area contributed by atoms with E-state index in [0.717, 1.165) is 23.0 Å². The van der Waals surface area contributed by atoms with E-state index in [1.165, 1.54) is 0 Å². The standard InChI is InChI=1S/C15H15BrN4O2/c1-2-3-5-20-13-8-12(19-6-4-17-9-19)10(16)7-11(13)18-14(21)15(20)22/h4,6-9H,2-3,5H2,1H3,(H,18,21). The summed E-state index contributed by atoms with van der Waals surface area (Å²) < 4.78 is 4.21. The number of hydrogen-bond donors (Lipinski definition) is 1. The molecule has 114 valence electrons. The lowest BCUT2D eigenvalue weighted by Crippen LogP contribution is -2.36. The van der Waals surface area contributed by atoms with Crippen LogP contribution in [-0.2, 0) is 6.54 Å². The quantitative estimate of drug-likeness (QED) is 0.724. The van der Waals surface area contributed by atoms with E-state index in [-0.39, 0.29) is 0 Å². The van der Waals surface area contributed by atoms with E-state index in [1.54, 1.807) is 17.1 Å². The van der Waals surface area contributed by atoms with Crippen molar-refractivity contribution in [2.24, 2.45) is 0 Å². The Morgan fingerprint density at radius 1 is 1.32 bits per heavy atom. The molecule has 1 N–H and O–H groups in total. The number of unbranched alkanes of at least 4 members (excludes halogenated alkanes) is 1. The molecule has 0 bridgehead atoms. The molecular formula is C15H15BrN4O2. The van der Waals surface area contributed by atoms with Crippen molar-refractivity contribution in [2.45, 2.75) is 26.3 Å². The lowest BCUT2D eigenvalue weighted by molar-refractivity contribution is 0.625. The summed E-state index contributed by atoms with van der Waals surface area (Å²) in [5, 5.41) is 0. The monoisotopic (exact) mass is 362 g/mol. The first-order chi connectivity index (χ1) is 10.6. The van der Waals surface area contributed by atoms with Gasteiger partial charge < -0.3 is 14.1 Å². The number of imidazole rings is 1. The summed E-state index contributed by atoms with van der Waals surface area (Å²) in [6.45, 7) is 2.58. The average Bonchev–Trinajstić information content (AvgIpc) is 3.02. The van der Waals surface area contributed by atoms with Crippen molar-refractivity contribution < 1.29 is 0 Å². The average molecular weight is 363 g/mol. The molecular weight excluding hydrogens is 348 g/mol. The second-order valence-corrected chi connectivity index (χ2v) is 5.91. The zero-order valence-corrected chi connectivity index (χ0v) is 13.6. The molecule has 0 spiro atoms. The van der Waals surface area contributed by atoms with Crippen molar-refractivity contribution in [2.75, 3.05) is 0 Å². The van der Waals surface area contributed by atoms with E-state index in [0.29, 0.717) is 17.6 Å². The highest BCUT2D eigenvalue weighted by Gasteiger charge is 2.11. The number of halogens is 1. The van der Waals surface area contributed by atoms with Gasteiger partial charge in [0, 0.05) is 23.4 Å². The van der Waals surface area contributed by atoms with Crippen LogP contribution >= 0.6 is 15.9 Å². The molecule has 7 heteroatoms. The molecule has 0 aliphatic rings. The smallest absolute Gasteiger partial charge is 0.316 e. The molecule has 2 aromatic heterocycles. The molecule has 2 heterocycles. The number of rotatable bonds is 4. The Morgan fingerprint density at radius 3 is 2.82 bits per heavy atom. The summed E-state index contributed by atoms with van der Waals surface area (Å²) in [5.41, 5.74) is 1.11. The molecule has 6 nitrogen and oxygen atoms in total. The Morgan fingerprint density at radius 2 is 2.14 bits per heavy atom. The zero-order valence-electron chi connectivity index (χ0n) is 12.0. The van der Waals surface area contributed by atoms with Crippen molar-refractivity contribution in [3.05, 3.63) is 56.0 Å². The van der Waals surface area contributed by atoms with Gasteiger partial charge in [0.25, 0.3) is 0 Å². The summed E-state index contributed by atoms with van der Waals surface area (Å²) in [5.74, 6) is 0. The third-order valence-corrected chi connectivity index (χ3v) is 4.20. The maximum absolute atomic E-state index is 12.2. The van der Waals surface area contributed by atoms with Gasteiger partial charge in [-0.25, -0.2) is 4.98 Å². The minimum Gasteiger partial charge on any atom is -0.316 e. The maximum Gasteiger partial charge on any atom is 0.316 e. The number of aromatic nitrogens is 4. The van der Waals surface area contributed by atoms with Crippen molar-refractivity contribution >= 4 is 27.0 Å². The van der Waals surface area contributed by atoms with E-state index < -0.39 is 11.1 Å². The first kappa shape index (κ1) is 14.8. The highest BCUT2D eigenvalue weighted by atomic mass is 79.9. The number of hydrogen-bond acceptors (Lipinski definition) is 3. The topological polar surface area (TPSA) is 72.7 Å². The summed E-state index contributed by atoms with van der Waals surface area (Å²) in [6.07, 6.45) is 6.99. The molecule has 1 aromatic carbocycles. The molecule has 3 rings (SSSR count). The van der Waals surface area contributed by atoms with Crippen molar-refractivity contribution in [3.8, 4) is 5.69 Å². The third-order valence-electron chi connectivity index (χ3n) is 3.56. The summed E-state index contributed by atoms with van der Waals surface area (Å²) >= 11 is 3.50. The van der Waals surface area contributed by atoms with Gasteiger partial charge in [-0.1, -0.05) is 13.3 Å². The molecule has 3 aromatic rings. The van der Waals surface area contributed by atoms with Crippen molar-refractivity contribution in [3.63, 3.8) is 0 Å². The van der Waals surface area contributed by atoms with Gasteiger partial charge in [0.15, 0.2) is 0 Å². The van der Waals surface area contributed by atoms with Gasteiger partial charge in [-0.3, -0.25) is 9.59 Å². The lowest BCUT2D eigenvalue weighted by atomic mass is 10.2. The fraction of sp³-hybridized carbons (Fsp3) is 0.267. The zero-order chi connectivity index (χ0) is 15.7. The highest BCUT2D eigenvalue weighted by Crippen LogP contribution is 2.25. The molecule has 0 fully saturated rings. The van der Waals surface area contributed by atoms with Crippen LogP contribution in [-0.4, -0.2) is 19.1 Å². The van der Waals surface area contributed by atoms with Gasteiger partial charge in [-0.2, -0.15) is 0 Å². The Bertz CT molecular complexity index is 925. The van der Waals surface area contributed by atoms with Crippen molar-refractivity contribution in [1.29, 1.82) is 0 Å². The molecule has 22 heavy (non-hydrogen) atoms. The Kier molecular flexibility index (Phi) is 3.98. The van der Waals surface area contributed by atoms with Gasteiger partial charge in [0.05, 0.1) is 23.0 Å². The van der Waals surface area contributed by atoms with Gasteiger partial charge in [0.2, 0.25) is 0 Å². The second-order valence-electron chi connectivity index (χ2n) is 5.06. The second kappa shape index (κ2) is 5.92. The van der Waals surface area contributed by atoms with Crippen LogP contribution < -0.4 is 11.1 Å². The van der Waals surface area contributed by atoms with E-state index in [4.69, 9.17) is 0 Å². The number of H-pyrrole nitrogens is 1. The van der Waals surface area contributed by atoms with E-state index >= 15 is 0 Å². The molecule has 0 radical (unpaired) electrons. The molecule has 0 amide bonds. The van der Waals surface area contributed by atoms with E-state index in [9.17, 15) is 9.59 Å². The maximum atomic E-state index is 12.2. The van der Waals surface area contributed by atoms with Crippen molar-refractivity contribution in [1.82, 2.24) is 19.1 Å². The predicted octanol–water partition coefficient (Wildman–Crippen LogP) is 2.44. The summed E-state index contributed by atoms with van der Waals surface area (Å²) in [7, 11) is 0. The van der Waals surface area contributed by atoms with Crippen LogP contribution in [0.5, 0.6) is 0 Å². The molecule has 0 atom stereocenters. The Labute approximate surface area is 134 Å². The summed E-state index contributed by atoms with van der Waals surface area (Å²) in [4.78, 5) is 30.7. The number of benzene rings is 1. The van der Waals surface area contributed by atoms with Gasteiger partial charge in [0.1, 0.15) is 0 Å². The third kappa shape index (κ3) is 2.52. The minimum absolute atomic E-state index is 0.514. The van der Waals surface area contributed by atoms with Crippen LogP contribution in [0, 0.1) is 0 Å². The van der Waals surface area contributed by atoms with Gasteiger partial charge in [-0.05, 0) is 34.5 Å². The predicted molar refractivity (Wildman–Crippen MR) is 88.6 cm³/mol. The lowest BCUT2D eigenvalue weighted by Gasteiger charge is -2.12. The number of nitrogens with zero attached hydrogens (tertiary/aromatic N) is 3. The van der Waals surface area contributed by atoms with Crippen LogP contribution in [0.4, 0.5) is 0 Å². The first-order valence-corrected chi connectivity index (χ1v) is 7.86. The highest BCUT2D eigenvalue weighted by molar-refractivity contribution is 9.10. The van der Waals surface area contributed by atoms with Crippen LogP contribution in [0.15, 0.2) is 44.9 Å². The fourth-order valence-electron chi connectivity index (χ4n) is 2.42. The van der Waals surface area contributed by atoms with Gasteiger partial charge in [-0.15, -0.1) is 0 Å². The fourth-order valence-corrected chi connectivity index (χ4v) is 2.97. The van der Waals surface area contributed by atoms with Gasteiger partial charge >= 0.3 is 11.1 Å². The first-order valence-electron chi connectivity index (χ1n) is 7.06. The summed E-state index contributed by atoms with van der Waals surface area (Å²) in [6, 6.07) is 3.70.